The van der Waals surface area contributed by atoms with Gasteiger partial charge in [-0.1, -0.05) is 12.1 Å². The Bertz CT molecular complexity index is 1250. The number of methoxy groups -OCH3 is 1. The lowest BCUT2D eigenvalue weighted by Gasteiger charge is -2.09. The Hall–Kier alpha value is -3.59. The Morgan fingerprint density at radius 3 is 2.66 bits per heavy atom. The summed E-state index contributed by atoms with van der Waals surface area (Å²) in [6, 6.07) is 12.2. The van der Waals surface area contributed by atoms with Crippen molar-refractivity contribution in [2.75, 3.05) is 18.7 Å². The molecular weight excluding hydrogens is 394 g/mol. The second-order valence-electron chi connectivity index (χ2n) is 6.24. The van der Waals surface area contributed by atoms with E-state index in [1.165, 1.54) is 18.7 Å². The SMILES string of the molecule is COc1cc(Nc2ncc(-c3cccc(S(C)(=O)=O)c3)o2)ccc1-c1cnco1. The molecule has 0 unspecified atom stereocenters. The molecule has 0 aliphatic carbocycles. The number of anilines is 2. The fourth-order valence-corrected chi connectivity index (χ4v) is 3.46. The molecule has 0 saturated carbocycles. The van der Waals surface area contributed by atoms with Crippen molar-refractivity contribution in [2.45, 2.75) is 4.90 Å². The van der Waals surface area contributed by atoms with Crippen LogP contribution in [0.5, 0.6) is 5.75 Å². The molecule has 0 bridgehead atoms. The molecule has 0 atom stereocenters. The number of ether oxygens (including phenoxy) is 1. The lowest BCUT2D eigenvalue weighted by molar-refractivity contribution is 0.415. The van der Waals surface area contributed by atoms with E-state index in [9.17, 15) is 8.42 Å². The van der Waals surface area contributed by atoms with Crippen LogP contribution >= 0.6 is 0 Å². The number of nitrogens with one attached hydrogen (secondary N) is 1. The summed E-state index contributed by atoms with van der Waals surface area (Å²) in [5, 5.41) is 3.06. The van der Waals surface area contributed by atoms with Crippen LogP contribution in [0.2, 0.25) is 0 Å². The molecule has 0 spiro atoms. The molecule has 0 aliphatic rings. The zero-order valence-corrected chi connectivity index (χ0v) is 16.4. The first-order chi connectivity index (χ1) is 13.9. The van der Waals surface area contributed by atoms with E-state index < -0.39 is 9.84 Å². The minimum Gasteiger partial charge on any atom is -0.496 e. The van der Waals surface area contributed by atoms with Gasteiger partial charge in [0.15, 0.2) is 27.8 Å². The van der Waals surface area contributed by atoms with E-state index in [1.807, 2.05) is 12.1 Å². The van der Waals surface area contributed by atoms with Gasteiger partial charge in [0.25, 0.3) is 6.01 Å². The number of nitrogens with zero attached hydrogens (tertiary/aromatic N) is 2. The van der Waals surface area contributed by atoms with Crippen molar-refractivity contribution in [1.82, 2.24) is 9.97 Å². The largest absolute Gasteiger partial charge is 0.496 e. The molecule has 148 valence electrons. The fraction of sp³-hybridized carbons (Fsp3) is 0.100. The van der Waals surface area contributed by atoms with Crippen LogP contribution in [0, 0.1) is 0 Å². The summed E-state index contributed by atoms with van der Waals surface area (Å²) < 4.78 is 40.0. The molecule has 29 heavy (non-hydrogen) atoms. The van der Waals surface area contributed by atoms with Crippen LogP contribution in [0.15, 0.2) is 75.0 Å². The highest BCUT2D eigenvalue weighted by Gasteiger charge is 2.13. The highest BCUT2D eigenvalue weighted by molar-refractivity contribution is 7.90. The summed E-state index contributed by atoms with van der Waals surface area (Å²) in [6.45, 7) is 0. The molecule has 0 aliphatic heterocycles. The second kappa shape index (κ2) is 7.44. The molecule has 4 aromatic rings. The van der Waals surface area contributed by atoms with E-state index in [-0.39, 0.29) is 10.9 Å². The minimum absolute atomic E-state index is 0.216. The molecule has 4 rings (SSSR count). The first kappa shape index (κ1) is 18.8. The van der Waals surface area contributed by atoms with Crippen molar-refractivity contribution in [3.63, 3.8) is 0 Å². The van der Waals surface area contributed by atoms with Crippen LogP contribution in [-0.4, -0.2) is 31.8 Å². The van der Waals surface area contributed by atoms with E-state index in [2.05, 4.69) is 15.3 Å². The first-order valence-electron chi connectivity index (χ1n) is 8.54. The second-order valence-corrected chi connectivity index (χ2v) is 8.25. The van der Waals surface area contributed by atoms with E-state index >= 15 is 0 Å². The van der Waals surface area contributed by atoms with Gasteiger partial charge in [0, 0.05) is 23.6 Å². The normalized spacial score (nSPS) is 11.4. The number of benzene rings is 2. The van der Waals surface area contributed by atoms with Crippen LogP contribution < -0.4 is 10.1 Å². The summed E-state index contributed by atoms with van der Waals surface area (Å²) in [5.74, 6) is 1.64. The van der Waals surface area contributed by atoms with Crippen molar-refractivity contribution in [3.8, 4) is 28.4 Å². The maximum absolute atomic E-state index is 11.8. The molecule has 9 heteroatoms. The third kappa shape index (κ3) is 3.99. The zero-order chi connectivity index (χ0) is 20.4. The summed E-state index contributed by atoms with van der Waals surface area (Å²) in [7, 11) is -1.74. The van der Waals surface area contributed by atoms with E-state index in [0.717, 1.165) is 11.8 Å². The van der Waals surface area contributed by atoms with Gasteiger partial charge >= 0.3 is 0 Å². The first-order valence-corrected chi connectivity index (χ1v) is 10.4. The maximum atomic E-state index is 11.8. The van der Waals surface area contributed by atoms with Crippen LogP contribution in [0.25, 0.3) is 22.6 Å². The number of rotatable bonds is 6. The third-order valence-corrected chi connectivity index (χ3v) is 5.31. The van der Waals surface area contributed by atoms with E-state index in [1.54, 1.807) is 37.6 Å². The van der Waals surface area contributed by atoms with Crippen LogP contribution in [-0.2, 0) is 9.84 Å². The molecule has 1 N–H and O–H groups in total. The maximum Gasteiger partial charge on any atom is 0.299 e. The monoisotopic (exact) mass is 411 g/mol. The summed E-state index contributed by atoms with van der Waals surface area (Å²) in [5.41, 5.74) is 2.08. The number of sulfone groups is 1. The number of oxazole rings is 2. The standard InChI is InChI=1S/C20H17N3O5S/c1-26-17-9-14(6-7-16(17)19-10-21-12-27-19)23-20-22-11-18(28-20)13-4-3-5-15(8-13)29(2,24)25/h3-12H,1-2H3,(H,22,23). The predicted octanol–water partition coefficient (Wildman–Crippen LogP) is 4.15. The van der Waals surface area contributed by atoms with Crippen molar-refractivity contribution >= 4 is 21.5 Å². The molecular formula is C20H17N3O5S. The average molecular weight is 411 g/mol. The van der Waals surface area contributed by atoms with Gasteiger partial charge in [-0.3, -0.25) is 0 Å². The van der Waals surface area contributed by atoms with Crippen molar-refractivity contribution in [2.24, 2.45) is 0 Å². The Labute approximate surface area is 167 Å². The Morgan fingerprint density at radius 2 is 1.93 bits per heavy atom. The molecule has 8 nitrogen and oxygen atoms in total. The Morgan fingerprint density at radius 1 is 1.07 bits per heavy atom. The van der Waals surface area contributed by atoms with E-state index in [4.69, 9.17) is 13.6 Å². The van der Waals surface area contributed by atoms with Gasteiger partial charge in [-0.2, -0.15) is 0 Å². The van der Waals surface area contributed by atoms with Gasteiger partial charge < -0.3 is 18.9 Å². The predicted molar refractivity (Wildman–Crippen MR) is 107 cm³/mol. The minimum atomic E-state index is -3.31. The summed E-state index contributed by atoms with van der Waals surface area (Å²) >= 11 is 0. The van der Waals surface area contributed by atoms with E-state index in [0.29, 0.717) is 28.5 Å². The molecule has 0 amide bonds. The third-order valence-electron chi connectivity index (χ3n) is 4.20. The summed E-state index contributed by atoms with van der Waals surface area (Å²) in [4.78, 5) is 8.34. The lowest BCUT2D eigenvalue weighted by Crippen LogP contribution is -1.96. The molecule has 2 aromatic carbocycles. The summed E-state index contributed by atoms with van der Waals surface area (Å²) in [6.07, 6.45) is 5.66. The molecule has 2 aromatic heterocycles. The van der Waals surface area contributed by atoms with Gasteiger partial charge in [0.1, 0.15) is 5.75 Å². The van der Waals surface area contributed by atoms with Crippen LogP contribution in [0.4, 0.5) is 11.7 Å². The quantitative estimate of drug-likeness (QED) is 0.504. The van der Waals surface area contributed by atoms with Crippen molar-refractivity contribution < 1.29 is 22.0 Å². The van der Waals surface area contributed by atoms with Crippen LogP contribution in [0.1, 0.15) is 0 Å². The number of hydrogen-bond acceptors (Lipinski definition) is 8. The molecule has 0 saturated heterocycles. The average Bonchev–Trinajstić information content (AvgIpc) is 3.39. The van der Waals surface area contributed by atoms with Crippen molar-refractivity contribution in [3.05, 3.63) is 61.3 Å². The van der Waals surface area contributed by atoms with Gasteiger partial charge in [-0.05, 0) is 24.3 Å². The van der Waals surface area contributed by atoms with Crippen molar-refractivity contribution in [1.29, 1.82) is 0 Å². The Balaban J connectivity index is 1.58. The smallest absolute Gasteiger partial charge is 0.299 e. The van der Waals surface area contributed by atoms with Gasteiger partial charge in [0.05, 0.1) is 30.0 Å². The topological polar surface area (TPSA) is 107 Å². The highest BCUT2D eigenvalue weighted by atomic mass is 32.2. The van der Waals surface area contributed by atoms with Gasteiger partial charge in [-0.15, -0.1) is 0 Å². The van der Waals surface area contributed by atoms with Gasteiger partial charge in [0.2, 0.25) is 0 Å². The van der Waals surface area contributed by atoms with Crippen LogP contribution in [0.3, 0.4) is 0 Å². The number of aromatic nitrogens is 2. The van der Waals surface area contributed by atoms with Gasteiger partial charge in [-0.25, -0.2) is 18.4 Å². The highest BCUT2D eigenvalue weighted by Crippen LogP contribution is 2.33. The molecule has 2 heterocycles. The fourth-order valence-electron chi connectivity index (χ4n) is 2.79. The molecule has 0 fully saturated rings. The lowest BCUT2D eigenvalue weighted by atomic mass is 10.1. The zero-order valence-electron chi connectivity index (χ0n) is 15.6. The number of hydrogen-bond donors (Lipinski definition) is 1. The Kier molecular flexibility index (Phi) is 4.81. The molecule has 0 radical (unpaired) electrons.